The average molecular weight is 537 g/mol. The minimum Gasteiger partial charge on any atom is -0.870 e. The van der Waals surface area contributed by atoms with Crippen molar-refractivity contribution >= 4 is 36.1 Å². The second kappa shape index (κ2) is 20.9. The van der Waals surface area contributed by atoms with Gasteiger partial charge in [-0.1, -0.05) is 77.5 Å². The Morgan fingerprint density at radius 2 is 0.433 bits per heavy atom. The highest BCUT2D eigenvalue weighted by molar-refractivity contribution is 7.89. The number of hydrogen-bond donors (Lipinski definition) is 0. The van der Waals surface area contributed by atoms with Crippen molar-refractivity contribution in [2.24, 2.45) is 18.1 Å². The summed E-state index contributed by atoms with van der Waals surface area (Å²) in [5.74, 6) is 0. The first kappa shape index (κ1) is 63.3. The molecule has 5 nitrogen and oxygen atoms in total. The van der Waals surface area contributed by atoms with Crippen LogP contribution in [0.15, 0.2) is 18.1 Å². The smallest absolute Gasteiger partial charge is 0.486 e. The molecule has 0 saturated carbocycles. The molecule has 0 aliphatic carbocycles. The van der Waals surface area contributed by atoms with Crippen LogP contribution < -0.4 is 0 Å². The largest absolute Gasteiger partial charge is 0.870 e. The van der Waals surface area contributed by atoms with E-state index < -0.39 is 36.1 Å². The number of rotatable bonds is 4. The standard InChI is InChI=1S/C12H36N4P5.8CH4.H2O/c1-17(2,3)13-21(14-18(4,5)6,15-19(7,8)9)16-20(10,11)12;;;;;;;;;/h1-12H3;8*1H4;1H2/q+1;;;;;;;;;/p-1. The van der Waals surface area contributed by atoms with E-state index in [-0.39, 0.29) is 64.9 Å². The molecule has 30 heavy (non-hydrogen) atoms. The van der Waals surface area contributed by atoms with Crippen molar-refractivity contribution in [2.75, 3.05) is 80.0 Å². The van der Waals surface area contributed by atoms with Gasteiger partial charge in [0, 0.05) is 28.2 Å². The van der Waals surface area contributed by atoms with Crippen molar-refractivity contribution < 1.29 is 5.48 Å². The summed E-state index contributed by atoms with van der Waals surface area (Å²) in [5, 5.41) is 0. The molecule has 0 atom stereocenters. The predicted octanol–water partition coefficient (Wildman–Crippen LogP) is 11.9. The van der Waals surface area contributed by atoms with Gasteiger partial charge in [-0.15, -0.1) is 0 Å². The van der Waals surface area contributed by atoms with Crippen molar-refractivity contribution in [1.82, 2.24) is 0 Å². The highest BCUT2D eigenvalue weighted by Gasteiger charge is 2.43. The van der Waals surface area contributed by atoms with Gasteiger partial charge in [-0.3, -0.25) is 0 Å². The van der Waals surface area contributed by atoms with E-state index >= 15 is 0 Å². The van der Waals surface area contributed by atoms with Gasteiger partial charge in [-0.05, 0) is 80.0 Å². The van der Waals surface area contributed by atoms with E-state index in [4.69, 9.17) is 18.1 Å². The molecule has 0 bridgehead atoms. The van der Waals surface area contributed by atoms with Crippen LogP contribution in [-0.2, 0) is 0 Å². The third-order valence-corrected chi connectivity index (χ3v) is 14.0. The molecule has 1 N–H and O–H groups in total. The first-order valence-corrected chi connectivity index (χ1v) is 20.9. The van der Waals surface area contributed by atoms with Crippen LogP contribution >= 0.6 is 36.1 Å². The lowest BCUT2D eigenvalue weighted by Gasteiger charge is -2.18. The molecule has 0 aliphatic heterocycles. The second-order valence-corrected chi connectivity index (χ2v) is 28.1. The molecule has 0 fully saturated rings. The molecule has 0 heterocycles. The Bertz CT molecular complexity index is 462. The fourth-order valence-electron chi connectivity index (χ4n) is 1.55. The quantitative estimate of drug-likeness (QED) is 0.329. The zero-order valence-electron chi connectivity index (χ0n) is 16.5. The molecule has 10 heteroatoms. The van der Waals surface area contributed by atoms with E-state index in [9.17, 15) is 0 Å². The fourth-order valence-corrected chi connectivity index (χ4v) is 15.9. The third-order valence-electron chi connectivity index (χ3n) is 1.55. The first-order chi connectivity index (χ1) is 8.83. The van der Waals surface area contributed by atoms with E-state index in [1.165, 1.54) is 0 Å². The Balaban J connectivity index is -0.0000000556. The van der Waals surface area contributed by atoms with E-state index in [0.717, 1.165) is 0 Å². The molecular formula is C20H69N4OP5. The summed E-state index contributed by atoms with van der Waals surface area (Å²) in [6.45, 7) is 26.9. The van der Waals surface area contributed by atoms with E-state index in [2.05, 4.69) is 80.0 Å². The van der Waals surface area contributed by atoms with Crippen molar-refractivity contribution in [3.05, 3.63) is 0 Å². The van der Waals surface area contributed by atoms with Gasteiger partial charge in [0.05, 0.1) is 0 Å². The van der Waals surface area contributed by atoms with Crippen LogP contribution in [0.5, 0.6) is 0 Å². The summed E-state index contributed by atoms with van der Waals surface area (Å²) in [6.07, 6.45) is 0. The van der Waals surface area contributed by atoms with Crippen LogP contribution in [-0.4, -0.2) is 85.5 Å². The molecule has 0 saturated heterocycles. The zero-order valence-corrected chi connectivity index (χ0v) is 20.9. The number of hydrogen-bond acceptors (Lipinski definition) is 5. The maximum absolute atomic E-state index is 5.20. The SMILES string of the molecule is C.C.C.C.C.C.C.C.CP(C)(C)=N[P+](N=P(C)(C)C)(N=P(C)(C)C)N=P(C)(C)C.[OH-]. The molecule has 200 valence electrons. The van der Waals surface area contributed by atoms with Crippen LogP contribution in [0.2, 0.25) is 0 Å². The minimum atomic E-state index is -2.28. The Kier molecular flexibility index (Phi) is 44.1. The molecule has 0 aromatic rings. The maximum Gasteiger partial charge on any atom is 0.486 e. The fraction of sp³-hybridized carbons (Fsp3) is 1.00. The molecule has 0 spiro atoms. The van der Waals surface area contributed by atoms with Crippen molar-refractivity contribution in [2.45, 2.75) is 59.4 Å². The van der Waals surface area contributed by atoms with Crippen LogP contribution in [0.1, 0.15) is 59.4 Å². The van der Waals surface area contributed by atoms with Gasteiger partial charge < -0.3 is 5.48 Å². The number of nitrogens with zero attached hydrogens (tertiary/aromatic N) is 4. The lowest BCUT2D eigenvalue weighted by molar-refractivity contribution is 0.824. The highest BCUT2D eigenvalue weighted by atomic mass is 31.3. The minimum absolute atomic E-state index is 0. The average Bonchev–Trinajstić information content (AvgIpc) is 1.83. The summed E-state index contributed by atoms with van der Waals surface area (Å²) in [7, 11) is -7.68. The summed E-state index contributed by atoms with van der Waals surface area (Å²) < 4.78 is 20.8. The maximum atomic E-state index is 5.20. The van der Waals surface area contributed by atoms with Gasteiger partial charge >= 0.3 is 7.87 Å². The molecule has 0 unspecified atom stereocenters. The summed E-state index contributed by atoms with van der Waals surface area (Å²) >= 11 is 0. The molecule has 0 amide bonds. The third kappa shape index (κ3) is 36.7. The van der Waals surface area contributed by atoms with Crippen LogP contribution in [0, 0.1) is 0 Å². The molecule has 0 aliphatic rings. The predicted molar refractivity (Wildman–Crippen MR) is 171 cm³/mol. The molecule has 0 aromatic heterocycles. The topological polar surface area (TPSA) is 79.4 Å². The first-order valence-electron chi connectivity index (χ1n) is 6.97. The van der Waals surface area contributed by atoms with Gasteiger partial charge in [0.15, 0.2) is 0 Å². The molecule has 0 rings (SSSR count). The molecule has 0 aromatic carbocycles. The monoisotopic (exact) mass is 536 g/mol. The van der Waals surface area contributed by atoms with Gasteiger partial charge in [-0.2, -0.15) is 0 Å². The molecule has 0 radical (unpaired) electrons. The Morgan fingerprint density at radius 1 is 0.333 bits per heavy atom. The van der Waals surface area contributed by atoms with E-state index in [1.807, 2.05) is 0 Å². The van der Waals surface area contributed by atoms with Gasteiger partial charge in [0.25, 0.3) is 0 Å². The van der Waals surface area contributed by atoms with Crippen molar-refractivity contribution in [1.29, 1.82) is 0 Å². The van der Waals surface area contributed by atoms with E-state index in [0.29, 0.717) is 0 Å². The summed E-state index contributed by atoms with van der Waals surface area (Å²) in [6, 6.07) is 0. The highest BCUT2D eigenvalue weighted by Crippen LogP contribution is 2.80. The lowest BCUT2D eigenvalue weighted by Crippen LogP contribution is -1.85. The van der Waals surface area contributed by atoms with E-state index in [1.54, 1.807) is 0 Å². The molecular weight excluding hydrogens is 467 g/mol. The Labute approximate surface area is 198 Å². The van der Waals surface area contributed by atoms with Crippen LogP contribution in [0.3, 0.4) is 0 Å². The van der Waals surface area contributed by atoms with Crippen molar-refractivity contribution in [3.8, 4) is 0 Å². The van der Waals surface area contributed by atoms with Crippen LogP contribution in [0.4, 0.5) is 0 Å². The van der Waals surface area contributed by atoms with Gasteiger partial charge in [0.2, 0.25) is 0 Å². The van der Waals surface area contributed by atoms with Crippen molar-refractivity contribution in [3.63, 3.8) is 0 Å². The zero-order chi connectivity index (χ0) is 17.3. The normalized spacial score (nSPS) is 10.3. The lowest BCUT2D eigenvalue weighted by atomic mass is 11.9. The second-order valence-electron chi connectivity index (χ2n) is 8.66. The Hall–Kier alpha value is 1.31. The summed E-state index contributed by atoms with van der Waals surface area (Å²) in [4.78, 5) is 0. The van der Waals surface area contributed by atoms with Crippen LogP contribution in [0.25, 0.3) is 0 Å². The van der Waals surface area contributed by atoms with Gasteiger partial charge in [-0.25, -0.2) is 0 Å². The Morgan fingerprint density at radius 3 is 0.500 bits per heavy atom. The summed E-state index contributed by atoms with van der Waals surface area (Å²) in [5.41, 5.74) is 0. The van der Waals surface area contributed by atoms with Gasteiger partial charge in [0.1, 0.15) is 0 Å².